The highest BCUT2D eigenvalue weighted by Gasteiger charge is 2.37. The maximum atomic E-state index is 11.1. The third-order valence-electron chi connectivity index (χ3n) is 3.68. The maximum absolute atomic E-state index is 11.1. The average molecular weight is 303 g/mol. The second-order valence-electron chi connectivity index (χ2n) is 5.29. The minimum atomic E-state index is -0.674. The van der Waals surface area contributed by atoms with Crippen LogP contribution in [0.1, 0.15) is 12.5 Å². The average Bonchev–Trinajstić information content (AvgIpc) is 3.13. The largest absolute Gasteiger partial charge is 0.458 e. The Morgan fingerprint density at radius 2 is 2.18 bits per heavy atom. The molecule has 0 amide bonds. The van der Waals surface area contributed by atoms with Crippen molar-refractivity contribution in [3.63, 3.8) is 0 Å². The predicted molar refractivity (Wildman–Crippen MR) is 76.7 cm³/mol. The van der Waals surface area contributed by atoms with Gasteiger partial charge in [-0.1, -0.05) is 24.3 Å². The minimum Gasteiger partial charge on any atom is -0.458 e. The third kappa shape index (κ3) is 3.12. The van der Waals surface area contributed by atoms with Gasteiger partial charge in [-0.05, 0) is 17.2 Å². The number of tetrazole rings is 1. The molecular formula is C14H17N5O3. The number of carbonyl (C=O) groups is 1. The molecule has 3 rings (SSSR count). The number of β-amino-alcohol motifs (C(OH)–C–C–N with tert-alkyl or cyclic N) is 1. The van der Waals surface area contributed by atoms with Crippen LogP contribution in [0, 0.1) is 0 Å². The summed E-state index contributed by atoms with van der Waals surface area (Å²) in [4.78, 5) is 11.1. The number of H-pyrrole nitrogens is 1. The molecule has 1 aromatic carbocycles. The molecular weight excluding hydrogens is 286 g/mol. The molecule has 22 heavy (non-hydrogen) atoms. The summed E-state index contributed by atoms with van der Waals surface area (Å²) in [5, 5.41) is 26.9. The number of carbonyl (C=O) groups excluding carboxylic acids is 1. The van der Waals surface area contributed by atoms with Gasteiger partial charge >= 0.3 is 5.97 Å². The van der Waals surface area contributed by atoms with E-state index in [1.165, 1.54) is 6.92 Å². The molecule has 1 aliphatic rings. The van der Waals surface area contributed by atoms with Gasteiger partial charge in [0.05, 0.1) is 6.04 Å². The molecule has 8 heteroatoms. The first-order valence-electron chi connectivity index (χ1n) is 7.05. The van der Waals surface area contributed by atoms with E-state index in [1.807, 2.05) is 24.3 Å². The van der Waals surface area contributed by atoms with Gasteiger partial charge in [-0.15, -0.1) is 10.2 Å². The number of hydrogen-bond donors (Lipinski definition) is 3. The van der Waals surface area contributed by atoms with Gasteiger partial charge in [0, 0.05) is 19.0 Å². The second-order valence-corrected chi connectivity index (χ2v) is 5.29. The molecule has 2 heterocycles. The van der Waals surface area contributed by atoms with Gasteiger partial charge in [0.2, 0.25) is 5.82 Å². The lowest BCUT2D eigenvalue weighted by molar-refractivity contribution is -0.151. The van der Waals surface area contributed by atoms with E-state index >= 15 is 0 Å². The molecule has 1 aromatic heterocycles. The highest BCUT2D eigenvalue weighted by molar-refractivity contribution is 5.66. The lowest BCUT2D eigenvalue weighted by Gasteiger charge is -2.21. The van der Waals surface area contributed by atoms with E-state index < -0.39 is 12.2 Å². The molecule has 0 unspecified atom stereocenters. The molecule has 0 bridgehead atoms. The highest BCUT2D eigenvalue weighted by atomic mass is 16.6. The molecule has 8 nitrogen and oxygen atoms in total. The van der Waals surface area contributed by atoms with E-state index in [0.29, 0.717) is 18.8 Å². The van der Waals surface area contributed by atoms with E-state index in [2.05, 4.69) is 25.9 Å². The Hall–Kier alpha value is -2.32. The van der Waals surface area contributed by atoms with Gasteiger partial charge in [0.15, 0.2) is 0 Å². The number of aromatic nitrogens is 4. The minimum absolute atomic E-state index is 0.102. The van der Waals surface area contributed by atoms with E-state index in [0.717, 1.165) is 11.1 Å². The summed E-state index contributed by atoms with van der Waals surface area (Å²) in [7, 11) is 0. The normalized spacial score (nSPS) is 24.4. The summed E-state index contributed by atoms with van der Waals surface area (Å²) in [6.45, 7) is 1.77. The van der Waals surface area contributed by atoms with Gasteiger partial charge in [-0.25, -0.2) is 0 Å². The lowest BCUT2D eigenvalue weighted by Crippen LogP contribution is -2.38. The first kappa shape index (κ1) is 14.6. The van der Waals surface area contributed by atoms with Crippen molar-refractivity contribution < 1.29 is 14.6 Å². The first-order chi connectivity index (χ1) is 10.6. The standard InChI is InChI=1S/C14H17N5O3/c1-8(20)22-13-11(15-7-12(13)21)6-9-2-4-10(5-3-9)14-16-18-19-17-14/h2-5,11-13,15,21H,6-7H2,1H3,(H,16,17,18,19)/t11-,12+,13+/m1/s1. The van der Waals surface area contributed by atoms with Crippen molar-refractivity contribution in [2.75, 3.05) is 6.54 Å². The fourth-order valence-corrected chi connectivity index (χ4v) is 2.64. The number of esters is 1. The summed E-state index contributed by atoms with van der Waals surface area (Å²) in [5.41, 5.74) is 1.93. The van der Waals surface area contributed by atoms with Crippen molar-refractivity contribution >= 4 is 5.97 Å². The fourth-order valence-electron chi connectivity index (χ4n) is 2.64. The number of benzene rings is 1. The van der Waals surface area contributed by atoms with E-state index in [-0.39, 0.29) is 12.0 Å². The molecule has 3 N–H and O–H groups in total. The van der Waals surface area contributed by atoms with Crippen molar-refractivity contribution in [1.82, 2.24) is 25.9 Å². The Morgan fingerprint density at radius 1 is 1.41 bits per heavy atom. The summed E-state index contributed by atoms with van der Waals surface area (Å²) in [6.07, 6.45) is -0.538. The van der Waals surface area contributed by atoms with E-state index in [1.54, 1.807) is 0 Å². The van der Waals surface area contributed by atoms with Crippen LogP contribution in [0.2, 0.25) is 0 Å². The maximum Gasteiger partial charge on any atom is 0.303 e. The Balaban J connectivity index is 1.68. The first-order valence-corrected chi connectivity index (χ1v) is 7.05. The summed E-state index contributed by atoms with van der Waals surface area (Å²) in [6, 6.07) is 7.64. The molecule has 1 aliphatic heterocycles. The molecule has 0 saturated carbocycles. The van der Waals surface area contributed by atoms with Crippen LogP contribution in [0.25, 0.3) is 11.4 Å². The number of aliphatic hydroxyl groups is 1. The number of nitrogens with one attached hydrogen (secondary N) is 2. The number of nitrogens with zero attached hydrogens (tertiary/aromatic N) is 3. The van der Waals surface area contributed by atoms with Crippen LogP contribution in [0.15, 0.2) is 24.3 Å². The van der Waals surface area contributed by atoms with Crippen molar-refractivity contribution in [3.8, 4) is 11.4 Å². The Labute approximate surface area is 126 Å². The zero-order chi connectivity index (χ0) is 15.5. The van der Waals surface area contributed by atoms with Crippen molar-refractivity contribution in [1.29, 1.82) is 0 Å². The summed E-state index contributed by atoms with van der Waals surface area (Å²) < 4.78 is 5.21. The van der Waals surface area contributed by atoms with Crippen molar-refractivity contribution in [2.45, 2.75) is 31.6 Å². The molecule has 116 valence electrons. The number of rotatable bonds is 4. The van der Waals surface area contributed by atoms with Crippen LogP contribution in [0.4, 0.5) is 0 Å². The summed E-state index contributed by atoms with van der Waals surface area (Å²) in [5.74, 6) is 0.156. The van der Waals surface area contributed by atoms with Gasteiger partial charge in [0.1, 0.15) is 12.2 Å². The van der Waals surface area contributed by atoms with Crippen molar-refractivity contribution in [2.24, 2.45) is 0 Å². The number of aliphatic hydroxyl groups excluding tert-OH is 1. The molecule has 3 atom stereocenters. The molecule has 0 aliphatic carbocycles. The fraction of sp³-hybridized carbons (Fsp3) is 0.429. The number of aromatic amines is 1. The van der Waals surface area contributed by atoms with Crippen LogP contribution in [-0.2, 0) is 16.0 Å². The van der Waals surface area contributed by atoms with Crippen molar-refractivity contribution in [3.05, 3.63) is 29.8 Å². The summed E-state index contributed by atoms with van der Waals surface area (Å²) >= 11 is 0. The van der Waals surface area contributed by atoms with Gasteiger partial charge in [0.25, 0.3) is 0 Å². The van der Waals surface area contributed by atoms with E-state index in [9.17, 15) is 9.90 Å². The van der Waals surface area contributed by atoms with Gasteiger partial charge < -0.3 is 15.2 Å². The Morgan fingerprint density at radius 3 is 2.82 bits per heavy atom. The van der Waals surface area contributed by atoms with Crippen LogP contribution in [0.3, 0.4) is 0 Å². The number of ether oxygens (including phenoxy) is 1. The van der Waals surface area contributed by atoms with Crippen LogP contribution in [0.5, 0.6) is 0 Å². The predicted octanol–water partition coefficient (Wildman–Crippen LogP) is -0.326. The molecule has 1 fully saturated rings. The zero-order valence-corrected chi connectivity index (χ0v) is 12.1. The van der Waals surface area contributed by atoms with Crippen LogP contribution < -0.4 is 5.32 Å². The van der Waals surface area contributed by atoms with E-state index in [4.69, 9.17) is 4.74 Å². The highest BCUT2D eigenvalue weighted by Crippen LogP contribution is 2.19. The lowest BCUT2D eigenvalue weighted by atomic mass is 10.0. The topological polar surface area (TPSA) is 113 Å². The quantitative estimate of drug-likeness (QED) is 0.663. The third-order valence-corrected chi connectivity index (χ3v) is 3.68. The molecule has 1 saturated heterocycles. The van der Waals surface area contributed by atoms with Gasteiger partial charge in [-0.2, -0.15) is 5.21 Å². The van der Waals surface area contributed by atoms with Crippen LogP contribution in [-0.4, -0.2) is 56.5 Å². The smallest absolute Gasteiger partial charge is 0.303 e. The number of hydrogen-bond acceptors (Lipinski definition) is 7. The Bertz CT molecular complexity index is 628. The molecule has 0 radical (unpaired) electrons. The monoisotopic (exact) mass is 303 g/mol. The molecule has 0 spiro atoms. The van der Waals surface area contributed by atoms with Gasteiger partial charge in [-0.3, -0.25) is 4.79 Å². The Kier molecular flexibility index (Phi) is 4.12. The van der Waals surface area contributed by atoms with Crippen LogP contribution >= 0.6 is 0 Å². The zero-order valence-electron chi connectivity index (χ0n) is 12.1. The second kappa shape index (κ2) is 6.20. The molecule has 2 aromatic rings. The SMILES string of the molecule is CC(=O)O[C@@H]1[C@@H](O)CN[C@@H]1Cc1ccc(-c2nn[nH]n2)cc1.